The van der Waals surface area contributed by atoms with Crippen molar-refractivity contribution in [3.63, 3.8) is 0 Å². The molecule has 0 amide bonds. The Labute approximate surface area is 73.5 Å². The van der Waals surface area contributed by atoms with Gasteiger partial charge < -0.3 is 4.74 Å². The van der Waals surface area contributed by atoms with Crippen molar-refractivity contribution in [2.75, 3.05) is 6.54 Å². The van der Waals surface area contributed by atoms with Gasteiger partial charge in [-0.15, -0.1) is 0 Å². The lowest BCUT2D eigenvalue weighted by Gasteiger charge is -2.21. The fourth-order valence-electron chi connectivity index (χ4n) is 1.19. The molecular formula is C9H16NO2. The molecule has 0 N–H and O–H groups in total. The van der Waals surface area contributed by atoms with E-state index in [1.165, 1.54) is 0 Å². The highest BCUT2D eigenvalue weighted by Crippen LogP contribution is 2.14. The Hall–Kier alpha value is -0.570. The van der Waals surface area contributed by atoms with E-state index in [-0.39, 0.29) is 17.6 Å². The summed E-state index contributed by atoms with van der Waals surface area (Å²) in [6.45, 7) is 6.43. The van der Waals surface area contributed by atoms with Gasteiger partial charge in [-0.25, -0.2) is 5.32 Å². The SMILES string of the molecule is CC(C)(C)OC(=O)C1CCC[N]1. The van der Waals surface area contributed by atoms with E-state index in [4.69, 9.17) is 4.74 Å². The van der Waals surface area contributed by atoms with Crippen LogP contribution in [0.15, 0.2) is 0 Å². The van der Waals surface area contributed by atoms with E-state index in [1.807, 2.05) is 20.8 Å². The van der Waals surface area contributed by atoms with Gasteiger partial charge in [0.1, 0.15) is 11.6 Å². The van der Waals surface area contributed by atoms with Crippen molar-refractivity contribution in [2.24, 2.45) is 0 Å². The summed E-state index contributed by atoms with van der Waals surface area (Å²) < 4.78 is 5.19. The molecule has 0 saturated carbocycles. The molecule has 3 nitrogen and oxygen atoms in total. The molecule has 0 bridgehead atoms. The van der Waals surface area contributed by atoms with Crippen LogP contribution in [0.3, 0.4) is 0 Å². The number of ether oxygens (including phenoxy) is 1. The van der Waals surface area contributed by atoms with Crippen LogP contribution in [0.5, 0.6) is 0 Å². The maximum Gasteiger partial charge on any atom is 0.325 e. The topological polar surface area (TPSA) is 40.4 Å². The summed E-state index contributed by atoms with van der Waals surface area (Å²) in [5, 5.41) is 4.15. The average molecular weight is 170 g/mol. The lowest BCUT2D eigenvalue weighted by molar-refractivity contribution is -0.157. The lowest BCUT2D eigenvalue weighted by atomic mass is 10.2. The highest BCUT2D eigenvalue weighted by molar-refractivity contribution is 5.76. The quantitative estimate of drug-likeness (QED) is 0.553. The fourth-order valence-corrected chi connectivity index (χ4v) is 1.19. The molecule has 0 spiro atoms. The Morgan fingerprint density at radius 3 is 2.58 bits per heavy atom. The van der Waals surface area contributed by atoms with Gasteiger partial charge in [0.25, 0.3) is 0 Å². The Bertz CT molecular complexity index is 166. The van der Waals surface area contributed by atoms with Crippen LogP contribution in [0.4, 0.5) is 0 Å². The zero-order chi connectivity index (χ0) is 9.19. The first-order chi connectivity index (χ1) is 5.49. The molecule has 1 saturated heterocycles. The van der Waals surface area contributed by atoms with Crippen LogP contribution in [0.2, 0.25) is 0 Å². The van der Waals surface area contributed by atoms with Crippen LogP contribution < -0.4 is 5.32 Å². The Kier molecular flexibility index (Phi) is 2.73. The normalized spacial score (nSPS) is 24.1. The minimum atomic E-state index is -0.380. The van der Waals surface area contributed by atoms with E-state index in [2.05, 4.69) is 5.32 Å². The first-order valence-corrected chi connectivity index (χ1v) is 4.38. The maximum atomic E-state index is 11.3. The molecule has 0 aromatic rings. The van der Waals surface area contributed by atoms with E-state index >= 15 is 0 Å². The number of esters is 1. The minimum absolute atomic E-state index is 0.167. The highest BCUT2D eigenvalue weighted by Gasteiger charge is 2.28. The summed E-state index contributed by atoms with van der Waals surface area (Å²) in [5.41, 5.74) is -0.380. The van der Waals surface area contributed by atoms with Gasteiger partial charge in [-0.1, -0.05) is 0 Å². The fraction of sp³-hybridized carbons (Fsp3) is 0.889. The van der Waals surface area contributed by atoms with Gasteiger partial charge in [0.2, 0.25) is 0 Å². The van der Waals surface area contributed by atoms with E-state index in [1.54, 1.807) is 0 Å². The number of hydrogen-bond acceptors (Lipinski definition) is 2. The van der Waals surface area contributed by atoms with E-state index in [0.717, 1.165) is 19.4 Å². The minimum Gasteiger partial charge on any atom is -0.459 e. The summed E-state index contributed by atoms with van der Waals surface area (Å²) in [4.78, 5) is 11.3. The van der Waals surface area contributed by atoms with Crippen molar-refractivity contribution < 1.29 is 9.53 Å². The average Bonchev–Trinajstić information content (AvgIpc) is 2.32. The second-order valence-electron chi connectivity index (χ2n) is 4.10. The summed E-state index contributed by atoms with van der Waals surface area (Å²) >= 11 is 0. The third kappa shape index (κ3) is 2.81. The van der Waals surface area contributed by atoms with Crippen molar-refractivity contribution in [1.82, 2.24) is 5.32 Å². The maximum absolute atomic E-state index is 11.3. The van der Waals surface area contributed by atoms with Crippen LogP contribution in [0.1, 0.15) is 33.6 Å². The number of carbonyl (C=O) groups excluding carboxylic acids is 1. The number of hydrogen-bond donors (Lipinski definition) is 0. The van der Waals surface area contributed by atoms with Gasteiger partial charge >= 0.3 is 5.97 Å². The van der Waals surface area contributed by atoms with Crippen molar-refractivity contribution in [1.29, 1.82) is 0 Å². The highest BCUT2D eigenvalue weighted by atomic mass is 16.6. The molecule has 1 atom stereocenters. The molecule has 1 radical (unpaired) electrons. The van der Waals surface area contributed by atoms with Crippen molar-refractivity contribution >= 4 is 5.97 Å². The van der Waals surface area contributed by atoms with Crippen LogP contribution in [0, 0.1) is 0 Å². The summed E-state index contributed by atoms with van der Waals surface area (Å²) in [6, 6.07) is -0.191. The van der Waals surface area contributed by atoms with E-state index in [9.17, 15) is 4.79 Å². The Morgan fingerprint density at radius 2 is 2.17 bits per heavy atom. The molecular weight excluding hydrogens is 154 g/mol. The summed E-state index contributed by atoms with van der Waals surface area (Å²) in [5.74, 6) is -0.167. The number of carbonyl (C=O) groups is 1. The van der Waals surface area contributed by atoms with Crippen LogP contribution in [-0.2, 0) is 9.53 Å². The summed E-state index contributed by atoms with van der Waals surface area (Å²) in [6.07, 6.45) is 1.87. The molecule has 1 heterocycles. The molecule has 3 heteroatoms. The Balaban J connectivity index is 2.37. The van der Waals surface area contributed by atoms with Gasteiger partial charge in [0, 0.05) is 6.54 Å². The lowest BCUT2D eigenvalue weighted by Crippen LogP contribution is -2.34. The molecule has 1 rings (SSSR count). The third-order valence-corrected chi connectivity index (χ3v) is 1.66. The van der Waals surface area contributed by atoms with E-state index < -0.39 is 0 Å². The smallest absolute Gasteiger partial charge is 0.325 e. The zero-order valence-corrected chi connectivity index (χ0v) is 7.96. The van der Waals surface area contributed by atoms with Gasteiger partial charge in [-0.05, 0) is 33.6 Å². The van der Waals surface area contributed by atoms with Crippen molar-refractivity contribution in [3.05, 3.63) is 0 Å². The monoisotopic (exact) mass is 170 g/mol. The first kappa shape index (κ1) is 9.52. The number of nitrogens with zero attached hydrogens (tertiary/aromatic N) is 1. The predicted octanol–water partition coefficient (Wildman–Crippen LogP) is 1.09. The molecule has 1 unspecified atom stereocenters. The van der Waals surface area contributed by atoms with E-state index in [0.29, 0.717) is 0 Å². The molecule has 1 aliphatic rings. The predicted molar refractivity (Wildman–Crippen MR) is 45.9 cm³/mol. The van der Waals surface area contributed by atoms with Crippen LogP contribution in [-0.4, -0.2) is 24.2 Å². The second kappa shape index (κ2) is 3.44. The molecule has 0 aromatic heterocycles. The van der Waals surface area contributed by atoms with Crippen LogP contribution >= 0.6 is 0 Å². The third-order valence-electron chi connectivity index (χ3n) is 1.66. The first-order valence-electron chi connectivity index (χ1n) is 4.38. The van der Waals surface area contributed by atoms with Gasteiger partial charge in [-0.2, -0.15) is 0 Å². The molecule has 1 fully saturated rings. The van der Waals surface area contributed by atoms with Gasteiger partial charge in [-0.3, -0.25) is 4.79 Å². The van der Waals surface area contributed by atoms with Gasteiger partial charge in [0.05, 0.1) is 0 Å². The Morgan fingerprint density at radius 1 is 1.50 bits per heavy atom. The van der Waals surface area contributed by atoms with Crippen molar-refractivity contribution in [3.8, 4) is 0 Å². The largest absolute Gasteiger partial charge is 0.459 e. The van der Waals surface area contributed by atoms with Crippen LogP contribution in [0.25, 0.3) is 0 Å². The van der Waals surface area contributed by atoms with Gasteiger partial charge in [0.15, 0.2) is 0 Å². The second-order valence-corrected chi connectivity index (χ2v) is 4.10. The molecule has 12 heavy (non-hydrogen) atoms. The molecule has 1 aliphatic heterocycles. The summed E-state index contributed by atoms with van der Waals surface area (Å²) in [7, 11) is 0. The van der Waals surface area contributed by atoms with Crippen molar-refractivity contribution in [2.45, 2.75) is 45.3 Å². The zero-order valence-electron chi connectivity index (χ0n) is 7.96. The standard InChI is InChI=1S/C9H16NO2/c1-9(2,3)12-8(11)7-5-4-6-10-7/h7H,4-6H2,1-3H3. The molecule has 0 aromatic carbocycles. The number of rotatable bonds is 1. The molecule has 69 valence electrons. The molecule has 0 aliphatic carbocycles.